The van der Waals surface area contributed by atoms with Gasteiger partial charge in [-0.3, -0.25) is 14.3 Å². The van der Waals surface area contributed by atoms with Gasteiger partial charge in [-0.2, -0.15) is 5.10 Å². The predicted molar refractivity (Wildman–Crippen MR) is 157 cm³/mol. The smallest absolute Gasteiger partial charge is 0.247 e. The maximum Gasteiger partial charge on any atom is 0.247 e. The van der Waals surface area contributed by atoms with Gasteiger partial charge in [0.05, 0.1) is 41.2 Å². The molecule has 0 saturated heterocycles. The molecule has 0 spiro atoms. The highest BCUT2D eigenvalue weighted by molar-refractivity contribution is 6.31. The van der Waals surface area contributed by atoms with E-state index in [1.165, 1.54) is 0 Å². The Bertz CT molecular complexity index is 1680. The molecule has 2 bridgehead atoms. The second-order valence-corrected chi connectivity index (χ2v) is 11.2. The average Bonchev–Trinajstić information content (AvgIpc) is 3.55. The summed E-state index contributed by atoms with van der Waals surface area (Å²) in [6.45, 7) is 2.42. The number of aromatic nitrogens is 6. The van der Waals surface area contributed by atoms with Crippen LogP contribution in [0, 0.1) is 5.92 Å². The van der Waals surface area contributed by atoms with Gasteiger partial charge in [-0.1, -0.05) is 47.8 Å². The molecule has 12 heteroatoms. The quantitative estimate of drug-likeness (QED) is 0.338. The van der Waals surface area contributed by atoms with Crippen molar-refractivity contribution in [2.45, 2.75) is 38.6 Å². The van der Waals surface area contributed by atoms with E-state index in [2.05, 4.69) is 20.7 Å². The van der Waals surface area contributed by atoms with Crippen LogP contribution < -0.4 is 5.32 Å². The fraction of sp³-hybridized carbons (Fsp3) is 0.310. The third kappa shape index (κ3) is 5.37. The van der Waals surface area contributed by atoms with Crippen LogP contribution in [0.2, 0.25) is 10.2 Å². The van der Waals surface area contributed by atoms with E-state index in [9.17, 15) is 9.59 Å². The van der Waals surface area contributed by atoms with Crippen LogP contribution in [0.4, 0.5) is 5.69 Å². The van der Waals surface area contributed by atoms with Crippen LogP contribution in [0.5, 0.6) is 0 Å². The van der Waals surface area contributed by atoms with Crippen molar-refractivity contribution in [3.63, 3.8) is 0 Å². The number of nitrogens with zero attached hydrogens (tertiary/aromatic N) is 7. The number of rotatable bonds is 3. The number of nitrogens with one attached hydrogen (secondary N) is 1. The molecule has 2 amide bonds. The van der Waals surface area contributed by atoms with Crippen molar-refractivity contribution in [2.24, 2.45) is 13.0 Å². The molecule has 2 aliphatic heterocycles. The van der Waals surface area contributed by atoms with Gasteiger partial charge in [0.2, 0.25) is 11.8 Å². The van der Waals surface area contributed by atoms with E-state index in [0.29, 0.717) is 42.2 Å². The first-order valence-corrected chi connectivity index (χ1v) is 14.2. The van der Waals surface area contributed by atoms with Gasteiger partial charge in [0.1, 0.15) is 5.69 Å². The van der Waals surface area contributed by atoms with Crippen molar-refractivity contribution in [2.75, 3.05) is 11.9 Å². The number of fused-ring (bicyclic) bond motifs is 4. The summed E-state index contributed by atoms with van der Waals surface area (Å²) in [5.74, 6) is -0.352. The van der Waals surface area contributed by atoms with Crippen LogP contribution in [-0.2, 0) is 16.6 Å². The van der Waals surface area contributed by atoms with Gasteiger partial charge in [-0.05, 0) is 55.2 Å². The zero-order chi connectivity index (χ0) is 28.7. The number of benzene rings is 1. The van der Waals surface area contributed by atoms with E-state index in [-0.39, 0.29) is 28.9 Å². The summed E-state index contributed by atoms with van der Waals surface area (Å²) in [6.07, 6.45) is 7.68. The first-order valence-electron chi connectivity index (χ1n) is 13.5. The number of amides is 2. The van der Waals surface area contributed by atoms with Gasteiger partial charge in [0, 0.05) is 36.2 Å². The van der Waals surface area contributed by atoms with Crippen LogP contribution in [0.15, 0.2) is 54.9 Å². The topological polar surface area (TPSA) is 111 Å². The van der Waals surface area contributed by atoms with Gasteiger partial charge in [-0.25, -0.2) is 9.67 Å². The third-order valence-electron chi connectivity index (χ3n) is 7.71. The molecule has 0 aliphatic carbocycles. The molecule has 2 atom stereocenters. The molecule has 1 aromatic carbocycles. The van der Waals surface area contributed by atoms with E-state index < -0.39 is 0 Å². The molecular weight excluding hydrogens is 563 g/mol. The number of halogens is 2. The van der Waals surface area contributed by atoms with Gasteiger partial charge < -0.3 is 10.2 Å². The van der Waals surface area contributed by atoms with Crippen molar-refractivity contribution in [1.29, 1.82) is 0 Å². The first-order chi connectivity index (χ1) is 19.8. The minimum absolute atomic E-state index is 0.0554. The number of aryl methyl sites for hydroxylation is 1. The van der Waals surface area contributed by atoms with Gasteiger partial charge in [0.25, 0.3) is 0 Å². The standard InChI is InChI=1S/C29H28Cl2N8O2/c1-17-5-3-8-25(21-6-4-7-22(33-21)28-23(34-29(17)41)15-32-37(28)2)38-12-11-18(13-27(38)40)20-14-19(30)9-10-24(20)39-16-26(31)35-36-39/h4,6-7,9-10,13-17,25H,3,5,8,11-12H2,1-2H3,(H,34,41)/t17-,25+/m1/s1. The Morgan fingerprint density at radius 2 is 1.95 bits per heavy atom. The second-order valence-electron chi connectivity index (χ2n) is 10.4. The summed E-state index contributed by atoms with van der Waals surface area (Å²) < 4.78 is 3.29. The van der Waals surface area contributed by atoms with Crippen molar-refractivity contribution in [3.05, 3.63) is 76.3 Å². The molecule has 0 fully saturated rings. The summed E-state index contributed by atoms with van der Waals surface area (Å²) in [5, 5.41) is 16.2. The third-order valence-corrected chi connectivity index (χ3v) is 8.12. The fourth-order valence-corrected chi connectivity index (χ4v) is 5.87. The molecule has 3 aromatic heterocycles. The molecule has 10 nitrogen and oxygen atoms in total. The number of hydrogen-bond donors (Lipinski definition) is 1. The lowest BCUT2D eigenvalue weighted by molar-refractivity contribution is -0.129. The average molecular weight is 592 g/mol. The molecule has 1 N–H and O–H groups in total. The van der Waals surface area contributed by atoms with Crippen LogP contribution in [0.3, 0.4) is 0 Å². The van der Waals surface area contributed by atoms with Crippen molar-refractivity contribution < 1.29 is 9.59 Å². The number of carbonyl (C=O) groups is 2. The first kappa shape index (κ1) is 27.2. The van der Waals surface area contributed by atoms with Crippen molar-refractivity contribution in [3.8, 4) is 17.1 Å². The fourth-order valence-electron chi connectivity index (χ4n) is 5.57. The molecular formula is C29H28Cl2N8O2. The molecule has 6 rings (SSSR count). The second kappa shape index (κ2) is 11.1. The van der Waals surface area contributed by atoms with E-state index in [4.69, 9.17) is 28.2 Å². The Morgan fingerprint density at radius 1 is 1.10 bits per heavy atom. The maximum absolute atomic E-state index is 13.8. The molecule has 5 heterocycles. The molecule has 4 aromatic rings. The zero-order valence-corrected chi connectivity index (χ0v) is 24.1. The monoisotopic (exact) mass is 590 g/mol. The number of pyridine rings is 1. The zero-order valence-electron chi connectivity index (χ0n) is 22.6. The minimum atomic E-state index is -0.250. The summed E-state index contributed by atoms with van der Waals surface area (Å²) in [4.78, 5) is 33.6. The molecule has 2 aliphatic rings. The lowest BCUT2D eigenvalue weighted by atomic mass is 9.93. The van der Waals surface area contributed by atoms with Crippen LogP contribution in [0.1, 0.15) is 49.9 Å². The number of carbonyl (C=O) groups excluding carboxylic acids is 2. The van der Waals surface area contributed by atoms with Crippen molar-refractivity contribution >= 4 is 46.3 Å². The Hall–Kier alpha value is -4.02. The SMILES string of the molecule is C[C@@H]1CCC[C@H](N2CCC(c3cc(Cl)ccc3-n3cc(Cl)nn3)=CC2=O)c2cccc(n2)-c2c(cnn2C)NC1=O. The highest BCUT2D eigenvalue weighted by Gasteiger charge is 2.31. The lowest BCUT2D eigenvalue weighted by Crippen LogP contribution is -2.38. The van der Waals surface area contributed by atoms with Crippen LogP contribution in [0.25, 0.3) is 22.6 Å². The summed E-state index contributed by atoms with van der Waals surface area (Å²) in [7, 11) is 1.82. The molecule has 210 valence electrons. The predicted octanol–water partition coefficient (Wildman–Crippen LogP) is 5.49. The normalized spacial score (nSPS) is 19.6. The number of anilines is 1. The molecule has 0 radical (unpaired) electrons. The largest absolute Gasteiger partial charge is 0.330 e. The summed E-state index contributed by atoms with van der Waals surface area (Å²) in [5.41, 5.74) is 5.23. The van der Waals surface area contributed by atoms with E-state index >= 15 is 0 Å². The van der Waals surface area contributed by atoms with Crippen LogP contribution >= 0.6 is 23.2 Å². The molecule has 41 heavy (non-hydrogen) atoms. The highest BCUT2D eigenvalue weighted by Crippen LogP contribution is 2.36. The van der Waals surface area contributed by atoms with E-state index in [0.717, 1.165) is 34.6 Å². The van der Waals surface area contributed by atoms with Crippen molar-refractivity contribution in [1.82, 2.24) is 34.7 Å². The van der Waals surface area contributed by atoms with E-state index in [1.807, 2.05) is 49.2 Å². The van der Waals surface area contributed by atoms with E-state index in [1.54, 1.807) is 33.9 Å². The van der Waals surface area contributed by atoms with Gasteiger partial charge >= 0.3 is 0 Å². The lowest BCUT2D eigenvalue weighted by Gasteiger charge is -2.34. The van der Waals surface area contributed by atoms with Gasteiger partial charge in [-0.15, -0.1) is 5.10 Å². The summed E-state index contributed by atoms with van der Waals surface area (Å²) in [6, 6.07) is 11.0. The van der Waals surface area contributed by atoms with Gasteiger partial charge in [0.15, 0.2) is 5.15 Å². The number of hydrogen-bond acceptors (Lipinski definition) is 6. The molecule has 0 unspecified atom stereocenters. The Labute approximate surface area is 247 Å². The highest BCUT2D eigenvalue weighted by atomic mass is 35.5. The minimum Gasteiger partial charge on any atom is -0.330 e. The Balaban J connectivity index is 1.36. The Morgan fingerprint density at radius 3 is 2.73 bits per heavy atom. The molecule has 0 saturated carbocycles. The Kier molecular flexibility index (Phi) is 7.35. The van der Waals surface area contributed by atoms with Crippen LogP contribution in [-0.4, -0.2) is 53.0 Å². The summed E-state index contributed by atoms with van der Waals surface area (Å²) >= 11 is 12.4. The maximum atomic E-state index is 13.8.